The molecule has 0 unspecified atom stereocenters. The normalized spacial score (nSPS) is 13.7. The molecular weight excluding hydrogens is 406 g/mol. The van der Waals surface area contributed by atoms with E-state index in [9.17, 15) is 9.59 Å². The predicted molar refractivity (Wildman–Crippen MR) is 122 cm³/mol. The Morgan fingerprint density at radius 2 is 1.61 bits per heavy atom. The quantitative estimate of drug-likeness (QED) is 0.462. The number of nitrogens with zero attached hydrogens (tertiary/aromatic N) is 2. The lowest BCUT2D eigenvalue weighted by atomic mass is 10.1. The smallest absolute Gasteiger partial charge is 0.282 e. The number of carbonyl (C=O) groups excluding carboxylic acids is 2. The Morgan fingerprint density at radius 1 is 0.839 bits per heavy atom. The van der Waals surface area contributed by atoms with E-state index in [-0.39, 0.29) is 11.6 Å². The van der Waals surface area contributed by atoms with Crippen molar-refractivity contribution >= 4 is 50.9 Å². The molecule has 0 bridgehead atoms. The van der Waals surface area contributed by atoms with E-state index in [0.717, 1.165) is 26.2 Å². The van der Waals surface area contributed by atoms with E-state index in [1.807, 2.05) is 66.0 Å². The first-order valence-electron chi connectivity index (χ1n) is 9.59. The van der Waals surface area contributed by atoms with Crippen molar-refractivity contribution in [1.29, 1.82) is 5.26 Å². The lowest BCUT2D eigenvalue weighted by Gasteiger charge is -2.15. The molecule has 5 nitrogen and oxygen atoms in total. The summed E-state index contributed by atoms with van der Waals surface area (Å²) in [5, 5.41) is 16.2. The summed E-state index contributed by atoms with van der Waals surface area (Å²) in [7, 11) is 0. The van der Waals surface area contributed by atoms with Gasteiger partial charge in [0.1, 0.15) is 5.70 Å². The van der Waals surface area contributed by atoms with Gasteiger partial charge in [0, 0.05) is 16.0 Å². The number of benzene rings is 3. The molecule has 0 saturated carbocycles. The van der Waals surface area contributed by atoms with Crippen LogP contribution in [0.15, 0.2) is 89.9 Å². The molecule has 5 rings (SSSR count). The van der Waals surface area contributed by atoms with Crippen molar-refractivity contribution in [2.24, 2.45) is 0 Å². The van der Waals surface area contributed by atoms with Crippen LogP contribution < -0.4 is 10.2 Å². The molecule has 1 aliphatic heterocycles. The second-order valence-corrected chi connectivity index (χ2v) is 7.93. The highest BCUT2D eigenvalue weighted by atomic mass is 32.1. The van der Waals surface area contributed by atoms with Gasteiger partial charge in [-0.1, -0.05) is 42.5 Å². The van der Waals surface area contributed by atoms with E-state index in [2.05, 4.69) is 5.32 Å². The standard InChI is InChI=1S/C25H15N3O2S/c26-15-16-10-12-18(13-11-16)28-24(29)22(21-9-4-14-31-21)23(25(28)30)27-20-8-3-6-17-5-1-2-7-19(17)20/h1-14,27H. The van der Waals surface area contributed by atoms with Gasteiger partial charge >= 0.3 is 0 Å². The monoisotopic (exact) mass is 421 g/mol. The van der Waals surface area contributed by atoms with Gasteiger partial charge in [-0.2, -0.15) is 5.26 Å². The molecule has 4 aromatic rings. The highest BCUT2D eigenvalue weighted by Crippen LogP contribution is 2.36. The average molecular weight is 421 g/mol. The molecule has 0 atom stereocenters. The van der Waals surface area contributed by atoms with Crippen LogP contribution in [0.3, 0.4) is 0 Å². The van der Waals surface area contributed by atoms with Gasteiger partial charge in [0.05, 0.1) is 22.9 Å². The van der Waals surface area contributed by atoms with E-state index in [1.54, 1.807) is 24.3 Å². The van der Waals surface area contributed by atoms with Crippen molar-refractivity contribution in [3.63, 3.8) is 0 Å². The number of hydrogen-bond donors (Lipinski definition) is 1. The van der Waals surface area contributed by atoms with E-state index in [1.165, 1.54) is 11.3 Å². The second kappa shape index (κ2) is 7.56. The topological polar surface area (TPSA) is 73.2 Å². The number of hydrogen-bond acceptors (Lipinski definition) is 5. The third kappa shape index (κ3) is 3.18. The van der Waals surface area contributed by atoms with Gasteiger partial charge in [0.2, 0.25) is 0 Å². The highest BCUT2D eigenvalue weighted by molar-refractivity contribution is 7.11. The molecular formula is C25H15N3O2S. The Morgan fingerprint density at radius 3 is 2.35 bits per heavy atom. The molecule has 1 aromatic heterocycles. The van der Waals surface area contributed by atoms with E-state index in [0.29, 0.717) is 16.8 Å². The fourth-order valence-electron chi connectivity index (χ4n) is 3.68. The van der Waals surface area contributed by atoms with E-state index >= 15 is 0 Å². The summed E-state index contributed by atoms with van der Waals surface area (Å²) in [6.07, 6.45) is 0. The van der Waals surface area contributed by atoms with Crippen LogP contribution in [0, 0.1) is 11.3 Å². The Labute approximate surface area is 182 Å². The largest absolute Gasteiger partial charge is 0.350 e. The highest BCUT2D eigenvalue weighted by Gasteiger charge is 2.40. The minimum atomic E-state index is -0.425. The number of thiophene rings is 1. The lowest BCUT2D eigenvalue weighted by Crippen LogP contribution is -2.32. The number of anilines is 2. The molecule has 0 fully saturated rings. The number of fused-ring (bicyclic) bond motifs is 1. The minimum Gasteiger partial charge on any atom is -0.350 e. The Balaban J connectivity index is 1.62. The number of rotatable bonds is 4. The zero-order valence-corrected chi connectivity index (χ0v) is 17.0. The van der Waals surface area contributed by atoms with Crippen molar-refractivity contribution in [2.75, 3.05) is 10.2 Å². The molecule has 148 valence electrons. The third-order valence-electron chi connectivity index (χ3n) is 5.16. The van der Waals surface area contributed by atoms with E-state index in [4.69, 9.17) is 5.26 Å². The zero-order valence-electron chi connectivity index (χ0n) is 16.2. The Hall–Kier alpha value is -4.21. The van der Waals surface area contributed by atoms with Crippen LogP contribution in [0.4, 0.5) is 11.4 Å². The molecule has 1 N–H and O–H groups in total. The van der Waals surface area contributed by atoms with Gasteiger partial charge in [0.25, 0.3) is 11.8 Å². The van der Waals surface area contributed by atoms with Crippen LogP contribution in [0.25, 0.3) is 16.3 Å². The molecule has 0 radical (unpaired) electrons. The molecule has 0 spiro atoms. The average Bonchev–Trinajstić information content (AvgIpc) is 3.41. The maximum atomic E-state index is 13.4. The summed E-state index contributed by atoms with van der Waals surface area (Å²) in [5.41, 5.74) is 2.23. The van der Waals surface area contributed by atoms with Crippen LogP contribution in [0.1, 0.15) is 10.4 Å². The van der Waals surface area contributed by atoms with Gasteiger partial charge in [-0.25, -0.2) is 4.90 Å². The van der Waals surface area contributed by atoms with Gasteiger partial charge < -0.3 is 5.32 Å². The predicted octanol–water partition coefficient (Wildman–Crippen LogP) is 5.17. The van der Waals surface area contributed by atoms with Crippen LogP contribution >= 0.6 is 11.3 Å². The van der Waals surface area contributed by atoms with Crippen molar-refractivity contribution in [3.8, 4) is 6.07 Å². The summed E-state index contributed by atoms with van der Waals surface area (Å²) < 4.78 is 0. The Kier molecular flexibility index (Phi) is 4.58. The van der Waals surface area contributed by atoms with Crippen LogP contribution in [-0.4, -0.2) is 11.8 Å². The third-order valence-corrected chi connectivity index (χ3v) is 6.04. The SMILES string of the molecule is N#Cc1ccc(N2C(=O)C(Nc3cccc4ccccc34)=C(c3cccs3)C2=O)cc1. The van der Waals surface area contributed by atoms with Gasteiger partial charge in [-0.05, 0) is 47.2 Å². The summed E-state index contributed by atoms with van der Waals surface area (Å²) in [5.74, 6) is -0.814. The summed E-state index contributed by atoms with van der Waals surface area (Å²) >= 11 is 1.41. The molecule has 6 heteroatoms. The number of carbonyl (C=O) groups is 2. The molecule has 2 amide bonds. The first-order valence-corrected chi connectivity index (χ1v) is 10.5. The molecule has 2 heterocycles. The first kappa shape index (κ1) is 18.8. The number of nitrogens with one attached hydrogen (secondary N) is 1. The molecule has 3 aromatic carbocycles. The van der Waals surface area contributed by atoms with Crippen LogP contribution in [-0.2, 0) is 9.59 Å². The summed E-state index contributed by atoms with van der Waals surface area (Å²) in [4.78, 5) is 28.7. The molecule has 0 aliphatic carbocycles. The maximum Gasteiger partial charge on any atom is 0.282 e. The van der Waals surface area contributed by atoms with Gasteiger partial charge in [-0.3, -0.25) is 9.59 Å². The number of imide groups is 1. The molecule has 1 aliphatic rings. The van der Waals surface area contributed by atoms with Crippen molar-refractivity contribution in [1.82, 2.24) is 0 Å². The zero-order chi connectivity index (χ0) is 21.4. The summed E-state index contributed by atoms with van der Waals surface area (Å²) in [6, 6.07) is 25.8. The minimum absolute atomic E-state index is 0.244. The van der Waals surface area contributed by atoms with Crippen molar-refractivity contribution in [2.45, 2.75) is 0 Å². The number of amides is 2. The Bertz CT molecular complexity index is 1390. The maximum absolute atomic E-state index is 13.4. The second-order valence-electron chi connectivity index (χ2n) is 6.98. The lowest BCUT2D eigenvalue weighted by molar-refractivity contribution is -0.120. The van der Waals surface area contributed by atoms with Crippen LogP contribution in [0.2, 0.25) is 0 Å². The van der Waals surface area contributed by atoms with Crippen LogP contribution in [0.5, 0.6) is 0 Å². The first-order chi connectivity index (χ1) is 15.2. The van der Waals surface area contributed by atoms with Crippen molar-refractivity contribution in [3.05, 3.63) is 100 Å². The fraction of sp³-hybridized carbons (Fsp3) is 0. The molecule has 31 heavy (non-hydrogen) atoms. The number of nitriles is 1. The summed E-state index contributed by atoms with van der Waals surface area (Å²) in [6.45, 7) is 0. The fourth-order valence-corrected chi connectivity index (χ4v) is 4.45. The molecule has 0 saturated heterocycles. The van der Waals surface area contributed by atoms with Gasteiger partial charge in [-0.15, -0.1) is 11.3 Å². The van der Waals surface area contributed by atoms with Gasteiger partial charge in [0.15, 0.2) is 0 Å². The van der Waals surface area contributed by atoms with Crippen molar-refractivity contribution < 1.29 is 9.59 Å². The van der Waals surface area contributed by atoms with E-state index < -0.39 is 5.91 Å².